The highest BCUT2D eigenvalue weighted by Crippen LogP contribution is 2.26. The van der Waals surface area contributed by atoms with Crippen molar-refractivity contribution in [2.75, 3.05) is 25.0 Å². The van der Waals surface area contributed by atoms with Crippen LogP contribution in [0.1, 0.15) is 30.9 Å². The SMILES string of the molecule is CC(SCc1ccccc1)C(=O)N(C)Cc1ccccc1N1CCCC1. The number of para-hydroxylation sites is 1. The molecule has 2 aromatic rings. The van der Waals surface area contributed by atoms with Crippen LogP contribution in [0, 0.1) is 0 Å². The van der Waals surface area contributed by atoms with Crippen molar-refractivity contribution in [3.63, 3.8) is 0 Å². The number of benzene rings is 2. The summed E-state index contributed by atoms with van der Waals surface area (Å²) < 4.78 is 0. The Kier molecular flexibility index (Phi) is 6.62. The summed E-state index contributed by atoms with van der Waals surface area (Å²) in [5.74, 6) is 1.06. The van der Waals surface area contributed by atoms with E-state index in [1.807, 2.05) is 37.1 Å². The number of anilines is 1. The smallest absolute Gasteiger partial charge is 0.235 e. The van der Waals surface area contributed by atoms with E-state index >= 15 is 0 Å². The number of nitrogens with zero attached hydrogens (tertiary/aromatic N) is 2. The molecule has 0 saturated carbocycles. The Morgan fingerprint density at radius 1 is 1.08 bits per heavy atom. The first kappa shape index (κ1) is 18.8. The first-order valence-electron chi connectivity index (χ1n) is 9.38. The minimum absolute atomic E-state index is 0.0424. The van der Waals surface area contributed by atoms with Gasteiger partial charge in [-0.2, -0.15) is 0 Å². The lowest BCUT2D eigenvalue weighted by Crippen LogP contribution is -2.33. The van der Waals surface area contributed by atoms with Gasteiger partial charge in [-0.25, -0.2) is 0 Å². The second kappa shape index (κ2) is 9.13. The number of hydrogen-bond acceptors (Lipinski definition) is 3. The molecule has 138 valence electrons. The van der Waals surface area contributed by atoms with Crippen molar-refractivity contribution < 1.29 is 4.79 Å². The molecular weight excluding hydrogens is 340 g/mol. The third-order valence-corrected chi connectivity index (χ3v) is 6.11. The molecule has 4 heteroatoms. The van der Waals surface area contributed by atoms with E-state index in [0.717, 1.165) is 18.8 Å². The molecule has 2 aromatic carbocycles. The van der Waals surface area contributed by atoms with Gasteiger partial charge in [-0.1, -0.05) is 48.5 Å². The minimum Gasteiger partial charge on any atom is -0.371 e. The number of hydrogen-bond donors (Lipinski definition) is 0. The van der Waals surface area contributed by atoms with E-state index < -0.39 is 0 Å². The number of carbonyl (C=O) groups is 1. The van der Waals surface area contributed by atoms with Gasteiger partial charge in [0.2, 0.25) is 5.91 Å². The van der Waals surface area contributed by atoms with Crippen LogP contribution in [0.5, 0.6) is 0 Å². The predicted molar refractivity (Wildman–Crippen MR) is 112 cm³/mol. The van der Waals surface area contributed by atoms with Gasteiger partial charge in [0.25, 0.3) is 0 Å². The Hall–Kier alpha value is -1.94. The Morgan fingerprint density at radius 3 is 2.46 bits per heavy atom. The molecule has 0 aliphatic carbocycles. The normalized spacial score (nSPS) is 15.1. The van der Waals surface area contributed by atoms with E-state index in [2.05, 4.69) is 41.3 Å². The summed E-state index contributed by atoms with van der Waals surface area (Å²) in [6.45, 7) is 4.93. The number of rotatable bonds is 7. The van der Waals surface area contributed by atoms with Gasteiger partial charge in [0, 0.05) is 38.1 Å². The van der Waals surface area contributed by atoms with E-state index in [0.29, 0.717) is 6.54 Å². The zero-order valence-electron chi connectivity index (χ0n) is 15.7. The van der Waals surface area contributed by atoms with Crippen LogP contribution in [0.25, 0.3) is 0 Å². The first-order valence-corrected chi connectivity index (χ1v) is 10.4. The largest absolute Gasteiger partial charge is 0.371 e. The average Bonchev–Trinajstić information content (AvgIpc) is 3.21. The highest BCUT2D eigenvalue weighted by molar-refractivity contribution is 7.99. The second-order valence-corrected chi connectivity index (χ2v) is 8.29. The van der Waals surface area contributed by atoms with Gasteiger partial charge < -0.3 is 9.80 Å². The van der Waals surface area contributed by atoms with E-state index in [4.69, 9.17) is 0 Å². The van der Waals surface area contributed by atoms with Crippen LogP contribution in [0.4, 0.5) is 5.69 Å². The average molecular weight is 369 g/mol. The Balaban J connectivity index is 1.58. The van der Waals surface area contributed by atoms with Gasteiger partial charge in [-0.15, -0.1) is 11.8 Å². The van der Waals surface area contributed by atoms with Crippen molar-refractivity contribution in [2.24, 2.45) is 0 Å². The fraction of sp³-hybridized carbons (Fsp3) is 0.409. The summed E-state index contributed by atoms with van der Waals surface area (Å²) in [5, 5.41) is -0.0424. The van der Waals surface area contributed by atoms with E-state index in [9.17, 15) is 4.79 Å². The maximum atomic E-state index is 12.8. The molecule has 3 rings (SSSR count). The highest BCUT2D eigenvalue weighted by atomic mass is 32.2. The topological polar surface area (TPSA) is 23.6 Å². The lowest BCUT2D eigenvalue weighted by Gasteiger charge is -2.26. The lowest BCUT2D eigenvalue weighted by molar-refractivity contribution is -0.129. The molecular formula is C22H28N2OS. The molecule has 1 amide bonds. The molecule has 1 aliphatic heterocycles. The molecule has 1 heterocycles. The van der Waals surface area contributed by atoms with Crippen LogP contribution in [-0.2, 0) is 17.1 Å². The van der Waals surface area contributed by atoms with Crippen LogP contribution < -0.4 is 4.90 Å². The summed E-state index contributed by atoms with van der Waals surface area (Å²) in [7, 11) is 1.92. The third-order valence-electron chi connectivity index (χ3n) is 4.91. The van der Waals surface area contributed by atoms with Crippen LogP contribution in [0.15, 0.2) is 54.6 Å². The molecule has 3 nitrogen and oxygen atoms in total. The molecule has 0 N–H and O–H groups in total. The fourth-order valence-electron chi connectivity index (χ4n) is 3.42. The molecule has 1 fully saturated rings. The summed E-state index contributed by atoms with van der Waals surface area (Å²) in [5.41, 5.74) is 3.79. The molecule has 0 spiro atoms. The van der Waals surface area contributed by atoms with Gasteiger partial charge in [0.15, 0.2) is 0 Å². The van der Waals surface area contributed by atoms with Gasteiger partial charge in [0.1, 0.15) is 0 Å². The lowest BCUT2D eigenvalue weighted by atomic mass is 10.1. The molecule has 1 unspecified atom stereocenters. The molecule has 1 aliphatic rings. The van der Waals surface area contributed by atoms with Crippen LogP contribution >= 0.6 is 11.8 Å². The number of amides is 1. The monoisotopic (exact) mass is 368 g/mol. The van der Waals surface area contributed by atoms with E-state index in [-0.39, 0.29) is 11.2 Å². The van der Waals surface area contributed by atoms with Crippen molar-refractivity contribution >= 4 is 23.4 Å². The van der Waals surface area contributed by atoms with Gasteiger partial charge in [-0.05, 0) is 37.0 Å². The summed E-state index contributed by atoms with van der Waals surface area (Å²) >= 11 is 1.70. The van der Waals surface area contributed by atoms with E-state index in [1.165, 1.54) is 29.7 Å². The zero-order valence-corrected chi connectivity index (χ0v) is 16.5. The molecule has 26 heavy (non-hydrogen) atoms. The highest BCUT2D eigenvalue weighted by Gasteiger charge is 2.21. The Morgan fingerprint density at radius 2 is 1.73 bits per heavy atom. The van der Waals surface area contributed by atoms with Crippen molar-refractivity contribution in [3.05, 3.63) is 65.7 Å². The quantitative estimate of drug-likeness (QED) is 0.715. The maximum absolute atomic E-state index is 12.8. The van der Waals surface area contributed by atoms with Gasteiger partial charge in [-0.3, -0.25) is 4.79 Å². The number of carbonyl (C=O) groups excluding carboxylic acids is 1. The van der Waals surface area contributed by atoms with Crippen LogP contribution in [0.2, 0.25) is 0 Å². The van der Waals surface area contributed by atoms with Crippen LogP contribution in [0.3, 0.4) is 0 Å². The van der Waals surface area contributed by atoms with Crippen molar-refractivity contribution in [1.29, 1.82) is 0 Å². The summed E-state index contributed by atoms with van der Waals surface area (Å²) in [6.07, 6.45) is 2.52. The summed E-state index contributed by atoms with van der Waals surface area (Å²) in [4.78, 5) is 17.1. The predicted octanol–water partition coefficient (Wildman–Crippen LogP) is 4.57. The molecule has 0 bridgehead atoms. The van der Waals surface area contributed by atoms with Crippen LogP contribution in [-0.4, -0.2) is 36.2 Å². The van der Waals surface area contributed by atoms with Crippen molar-refractivity contribution in [2.45, 2.75) is 37.3 Å². The third kappa shape index (κ3) is 4.82. The first-order chi connectivity index (χ1) is 12.6. The second-order valence-electron chi connectivity index (χ2n) is 6.96. The molecule has 1 atom stereocenters. The maximum Gasteiger partial charge on any atom is 0.235 e. The van der Waals surface area contributed by atoms with E-state index in [1.54, 1.807) is 11.8 Å². The zero-order chi connectivity index (χ0) is 18.4. The Bertz CT molecular complexity index is 713. The van der Waals surface area contributed by atoms with Crippen molar-refractivity contribution in [3.8, 4) is 0 Å². The minimum atomic E-state index is -0.0424. The molecule has 1 saturated heterocycles. The van der Waals surface area contributed by atoms with Crippen molar-refractivity contribution in [1.82, 2.24) is 4.90 Å². The standard InChI is InChI=1S/C22H28N2OS/c1-18(26-17-19-10-4-3-5-11-19)22(25)23(2)16-20-12-6-7-13-21(20)24-14-8-9-15-24/h3-7,10-13,18H,8-9,14-17H2,1-2H3. The van der Waals surface area contributed by atoms with Gasteiger partial charge in [0.05, 0.1) is 5.25 Å². The Labute approximate surface area is 161 Å². The number of thioether (sulfide) groups is 1. The molecule has 0 radical (unpaired) electrons. The van der Waals surface area contributed by atoms with Gasteiger partial charge >= 0.3 is 0 Å². The molecule has 0 aromatic heterocycles. The summed E-state index contributed by atoms with van der Waals surface area (Å²) in [6, 6.07) is 18.8. The fourth-order valence-corrected chi connectivity index (χ4v) is 4.38.